The number of hydrogen-bond acceptors (Lipinski definition) is 3. The topological polar surface area (TPSA) is 44.1 Å². The van der Waals surface area contributed by atoms with Gasteiger partial charge < -0.3 is 4.79 Å². The Hall–Kier alpha value is -0.880. The molecular formula is C7H10N2O. The molecule has 10 heavy (non-hydrogen) atoms. The van der Waals surface area contributed by atoms with Crippen molar-refractivity contribution in [2.75, 3.05) is 13.1 Å². The van der Waals surface area contributed by atoms with Crippen molar-refractivity contribution in [2.45, 2.75) is 18.9 Å². The van der Waals surface area contributed by atoms with Crippen molar-refractivity contribution in [3.8, 4) is 6.07 Å². The first kappa shape index (κ1) is 7.23. The van der Waals surface area contributed by atoms with Crippen molar-refractivity contribution in [1.82, 2.24) is 4.90 Å². The first-order chi connectivity index (χ1) is 4.88. The highest BCUT2D eigenvalue weighted by Crippen LogP contribution is 2.14. The summed E-state index contributed by atoms with van der Waals surface area (Å²) >= 11 is 0. The predicted molar refractivity (Wildman–Crippen MR) is 36.3 cm³/mol. The normalized spacial score (nSPS) is 26.1. The van der Waals surface area contributed by atoms with Crippen LogP contribution in [0, 0.1) is 11.3 Å². The van der Waals surface area contributed by atoms with Crippen LogP contribution in [0.5, 0.6) is 0 Å². The molecule has 0 N–H and O–H groups in total. The zero-order valence-electron chi connectivity index (χ0n) is 5.79. The van der Waals surface area contributed by atoms with Crippen molar-refractivity contribution in [2.24, 2.45) is 0 Å². The molecule has 1 heterocycles. The fraction of sp³-hybridized carbons (Fsp3) is 0.714. The third-order valence-corrected chi connectivity index (χ3v) is 1.82. The minimum Gasteiger partial charge on any atom is -0.302 e. The molecule has 0 unspecified atom stereocenters. The first-order valence-corrected chi connectivity index (χ1v) is 3.46. The average molecular weight is 138 g/mol. The molecule has 3 nitrogen and oxygen atoms in total. The Balaban J connectivity index is 2.43. The van der Waals surface area contributed by atoms with Gasteiger partial charge in [-0.25, -0.2) is 0 Å². The third kappa shape index (κ3) is 1.34. The molecule has 0 aromatic heterocycles. The van der Waals surface area contributed by atoms with Gasteiger partial charge in [0, 0.05) is 0 Å². The fourth-order valence-electron chi connectivity index (χ4n) is 1.29. The van der Waals surface area contributed by atoms with Gasteiger partial charge in [-0.05, 0) is 19.4 Å². The Morgan fingerprint density at radius 2 is 2.60 bits per heavy atom. The van der Waals surface area contributed by atoms with Crippen molar-refractivity contribution >= 4 is 6.29 Å². The monoisotopic (exact) mass is 138 g/mol. The zero-order chi connectivity index (χ0) is 7.40. The summed E-state index contributed by atoms with van der Waals surface area (Å²) in [5.41, 5.74) is 0. The molecule has 54 valence electrons. The lowest BCUT2D eigenvalue weighted by atomic mass is 10.2. The summed E-state index contributed by atoms with van der Waals surface area (Å²) in [6, 6.07) is 2.16. The van der Waals surface area contributed by atoms with Crippen LogP contribution < -0.4 is 0 Å². The van der Waals surface area contributed by atoms with Crippen LogP contribution in [0.15, 0.2) is 0 Å². The van der Waals surface area contributed by atoms with Gasteiger partial charge in [0.25, 0.3) is 0 Å². The third-order valence-electron chi connectivity index (χ3n) is 1.82. The Morgan fingerprint density at radius 1 is 1.80 bits per heavy atom. The first-order valence-electron chi connectivity index (χ1n) is 3.46. The van der Waals surface area contributed by atoms with Gasteiger partial charge in [0.05, 0.1) is 18.7 Å². The highest BCUT2D eigenvalue weighted by Gasteiger charge is 2.22. The molecule has 0 amide bonds. The Morgan fingerprint density at radius 3 is 3.20 bits per heavy atom. The van der Waals surface area contributed by atoms with Gasteiger partial charge in [-0.1, -0.05) is 0 Å². The molecular weight excluding hydrogens is 128 g/mol. The predicted octanol–water partition coefficient (Wildman–Crippen LogP) is 0.173. The number of carbonyl (C=O) groups is 1. The largest absolute Gasteiger partial charge is 0.302 e. The van der Waals surface area contributed by atoms with Gasteiger partial charge in [0.15, 0.2) is 0 Å². The number of likely N-dealkylation sites (tertiary alicyclic amines) is 1. The Bertz CT molecular complexity index is 161. The standard InChI is InChI=1S/C7H10N2O/c8-6-7-2-1-3-9(7)4-5-10/h5,7H,1-4H2/t7-/m0/s1. The lowest BCUT2D eigenvalue weighted by Gasteiger charge is -2.14. The summed E-state index contributed by atoms with van der Waals surface area (Å²) in [6.45, 7) is 1.31. The quantitative estimate of drug-likeness (QED) is 0.511. The van der Waals surface area contributed by atoms with Crippen molar-refractivity contribution in [3.63, 3.8) is 0 Å². The van der Waals surface area contributed by atoms with Gasteiger partial charge >= 0.3 is 0 Å². The number of nitriles is 1. The molecule has 1 aliphatic heterocycles. The summed E-state index contributed by atoms with van der Waals surface area (Å²) in [4.78, 5) is 12.0. The van der Waals surface area contributed by atoms with Gasteiger partial charge in [0.1, 0.15) is 6.29 Å². The molecule has 0 spiro atoms. The van der Waals surface area contributed by atoms with Gasteiger partial charge in [0.2, 0.25) is 0 Å². The second kappa shape index (κ2) is 3.33. The van der Waals surface area contributed by atoms with Crippen LogP contribution in [-0.2, 0) is 4.79 Å². The molecule has 1 saturated heterocycles. The maximum atomic E-state index is 10.1. The van der Waals surface area contributed by atoms with Crippen molar-refractivity contribution in [3.05, 3.63) is 0 Å². The van der Waals surface area contributed by atoms with Gasteiger partial charge in [-0.15, -0.1) is 0 Å². The van der Waals surface area contributed by atoms with E-state index in [4.69, 9.17) is 5.26 Å². The van der Waals surface area contributed by atoms with E-state index in [0.29, 0.717) is 6.54 Å². The van der Waals surface area contributed by atoms with Crippen LogP contribution in [0.3, 0.4) is 0 Å². The molecule has 0 saturated carbocycles. The van der Waals surface area contributed by atoms with Gasteiger partial charge in [-0.3, -0.25) is 4.90 Å². The van der Waals surface area contributed by atoms with E-state index < -0.39 is 0 Å². The number of aldehydes is 1. The van der Waals surface area contributed by atoms with Gasteiger partial charge in [-0.2, -0.15) is 5.26 Å². The van der Waals surface area contributed by atoms with E-state index in [0.717, 1.165) is 25.7 Å². The summed E-state index contributed by atoms with van der Waals surface area (Å²) in [6.07, 6.45) is 2.83. The van der Waals surface area contributed by atoms with E-state index in [1.165, 1.54) is 0 Å². The second-order valence-electron chi connectivity index (χ2n) is 2.45. The zero-order valence-corrected chi connectivity index (χ0v) is 5.79. The molecule has 1 atom stereocenters. The summed E-state index contributed by atoms with van der Waals surface area (Å²) in [5, 5.41) is 8.56. The molecule has 3 heteroatoms. The van der Waals surface area contributed by atoms with Crippen molar-refractivity contribution < 1.29 is 4.79 Å². The van der Waals surface area contributed by atoms with E-state index in [9.17, 15) is 4.79 Å². The van der Waals surface area contributed by atoms with Crippen LogP contribution in [0.2, 0.25) is 0 Å². The maximum absolute atomic E-state index is 10.1. The lowest BCUT2D eigenvalue weighted by Crippen LogP contribution is -2.29. The number of rotatable bonds is 2. The van der Waals surface area contributed by atoms with E-state index >= 15 is 0 Å². The molecule has 1 rings (SSSR count). The minimum absolute atomic E-state index is 0.00907. The average Bonchev–Trinajstić information content (AvgIpc) is 2.36. The SMILES string of the molecule is N#C[C@@H]1CCCN1CC=O. The van der Waals surface area contributed by atoms with E-state index in [1.54, 1.807) is 0 Å². The highest BCUT2D eigenvalue weighted by atomic mass is 16.1. The fourth-order valence-corrected chi connectivity index (χ4v) is 1.29. The highest BCUT2D eigenvalue weighted by molar-refractivity contribution is 5.52. The molecule has 1 fully saturated rings. The number of nitrogens with zero attached hydrogens (tertiary/aromatic N) is 2. The Labute approximate surface area is 60.2 Å². The van der Waals surface area contributed by atoms with Crippen LogP contribution in [-0.4, -0.2) is 30.3 Å². The number of hydrogen-bond donors (Lipinski definition) is 0. The van der Waals surface area contributed by atoms with E-state index in [1.807, 2.05) is 4.90 Å². The summed E-state index contributed by atoms with van der Waals surface area (Å²) < 4.78 is 0. The molecule has 0 radical (unpaired) electrons. The summed E-state index contributed by atoms with van der Waals surface area (Å²) in [5.74, 6) is 0. The van der Waals surface area contributed by atoms with E-state index in [-0.39, 0.29) is 6.04 Å². The smallest absolute Gasteiger partial charge is 0.134 e. The van der Waals surface area contributed by atoms with Crippen LogP contribution in [0.4, 0.5) is 0 Å². The second-order valence-corrected chi connectivity index (χ2v) is 2.45. The molecule has 0 aromatic rings. The van der Waals surface area contributed by atoms with Crippen LogP contribution >= 0.6 is 0 Å². The molecule has 0 aromatic carbocycles. The molecule has 0 bridgehead atoms. The Kier molecular flexibility index (Phi) is 2.41. The van der Waals surface area contributed by atoms with Crippen LogP contribution in [0.25, 0.3) is 0 Å². The number of carbonyl (C=O) groups excluding carboxylic acids is 1. The molecule has 0 aliphatic carbocycles. The lowest BCUT2D eigenvalue weighted by molar-refractivity contribution is -0.108. The minimum atomic E-state index is -0.00907. The maximum Gasteiger partial charge on any atom is 0.134 e. The van der Waals surface area contributed by atoms with E-state index in [2.05, 4.69) is 6.07 Å². The summed E-state index contributed by atoms with van der Waals surface area (Å²) in [7, 11) is 0. The molecule has 1 aliphatic rings. The van der Waals surface area contributed by atoms with Crippen molar-refractivity contribution in [1.29, 1.82) is 5.26 Å². The van der Waals surface area contributed by atoms with Crippen LogP contribution in [0.1, 0.15) is 12.8 Å².